The molecule has 2 aromatic rings. The quantitative estimate of drug-likeness (QED) is 0.878. The van der Waals surface area contributed by atoms with Gasteiger partial charge in [-0.05, 0) is 41.7 Å². The van der Waals surface area contributed by atoms with Gasteiger partial charge in [0, 0.05) is 19.5 Å². The minimum atomic E-state index is -0.474. The Morgan fingerprint density at radius 2 is 2.12 bits per heavy atom. The SMILES string of the molecule is Cc1nnnn1CCC(=O)N1CC[C@H](Cc2ccccc2)[C@@H](O)C1. The summed E-state index contributed by atoms with van der Waals surface area (Å²) in [5, 5.41) is 21.6. The van der Waals surface area contributed by atoms with Gasteiger partial charge in [0.25, 0.3) is 0 Å². The van der Waals surface area contributed by atoms with Crippen LogP contribution in [0.2, 0.25) is 0 Å². The van der Waals surface area contributed by atoms with Crippen LogP contribution in [0.15, 0.2) is 30.3 Å². The summed E-state index contributed by atoms with van der Waals surface area (Å²) in [5.74, 6) is 0.949. The molecule has 7 nitrogen and oxygen atoms in total. The van der Waals surface area contributed by atoms with Crippen molar-refractivity contribution in [2.75, 3.05) is 13.1 Å². The molecule has 0 aliphatic carbocycles. The van der Waals surface area contributed by atoms with E-state index in [-0.39, 0.29) is 11.8 Å². The number of aryl methyl sites for hydroxylation is 2. The second-order valence-electron chi connectivity index (χ2n) is 6.34. The van der Waals surface area contributed by atoms with Gasteiger partial charge in [-0.1, -0.05) is 30.3 Å². The average Bonchev–Trinajstić information content (AvgIpc) is 3.00. The molecule has 1 amide bonds. The van der Waals surface area contributed by atoms with Gasteiger partial charge in [0.1, 0.15) is 5.82 Å². The van der Waals surface area contributed by atoms with Crippen molar-refractivity contribution in [3.63, 3.8) is 0 Å². The summed E-state index contributed by atoms with van der Waals surface area (Å²) >= 11 is 0. The molecular formula is C17H23N5O2. The van der Waals surface area contributed by atoms with Crippen LogP contribution in [0.3, 0.4) is 0 Å². The molecule has 1 aromatic carbocycles. The van der Waals surface area contributed by atoms with Gasteiger partial charge in [0.05, 0.1) is 12.6 Å². The summed E-state index contributed by atoms with van der Waals surface area (Å²) in [6.07, 6.45) is 1.55. The fourth-order valence-corrected chi connectivity index (χ4v) is 3.18. The third-order valence-corrected chi connectivity index (χ3v) is 4.66. The van der Waals surface area contributed by atoms with E-state index >= 15 is 0 Å². The van der Waals surface area contributed by atoms with Crippen molar-refractivity contribution in [2.24, 2.45) is 5.92 Å². The number of piperidine rings is 1. The van der Waals surface area contributed by atoms with Crippen LogP contribution in [-0.2, 0) is 17.8 Å². The minimum Gasteiger partial charge on any atom is -0.391 e. The van der Waals surface area contributed by atoms with Gasteiger partial charge < -0.3 is 10.0 Å². The topological polar surface area (TPSA) is 84.1 Å². The lowest BCUT2D eigenvalue weighted by Gasteiger charge is -2.36. The van der Waals surface area contributed by atoms with Gasteiger partial charge in [-0.2, -0.15) is 0 Å². The van der Waals surface area contributed by atoms with E-state index in [4.69, 9.17) is 0 Å². The first kappa shape index (κ1) is 16.6. The van der Waals surface area contributed by atoms with Crippen LogP contribution < -0.4 is 0 Å². The van der Waals surface area contributed by atoms with Crippen LogP contribution >= 0.6 is 0 Å². The Balaban J connectivity index is 1.49. The minimum absolute atomic E-state index is 0.0436. The van der Waals surface area contributed by atoms with Crippen LogP contribution in [0.5, 0.6) is 0 Å². The maximum atomic E-state index is 12.3. The largest absolute Gasteiger partial charge is 0.391 e. The van der Waals surface area contributed by atoms with Crippen LogP contribution in [0.1, 0.15) is 24.2 Å². The summed E-state index contributed by atoms with van der Waals surface area (Å²) < 4.78 is 1.62. The third-order valence-electron chi connectivity index (χ3n) is 4.66. The summed E-state index contributed by atoms with van der Waals surface area (Å²) in [5.41, 5.74) is 1.23. The standard InChI is InChI=1S/C17H23N5O2/c1-13-18-19-20-22(13)10-8-17(24)21-9-7-15(16(23)12-21)11-14-5-3-2-4-6-14/h2-6,15-16,23H,7-12H2,1H3/t15-,16+/m1/s1. The maximum absolute atomic E-state index is 12.3. The van der Waals surface area contributed by atoms with E-state index in [1.54, 1.807) is 9.58 Å². The molecule has 0 unspecified atom stereocenters. The van der Waals surface area contributed by atoms with Crippen LogP contribution in [0.25, 0.3) is 0 Å². The molecule has 1 aliphatic rings. The number of rotatable bonds is 5. The van der Waals surface area contributed by atoms with E-state index < -0.39 is 6.10 Å². The number of benzene rings is 1. The second-order valence-corrected chi connectivity index (χ2v) is 6.34. The van der Waals surface area contributed by atoms with Gasteiger partial charge in [0.2, 0.25) is 5.91 Å². The molecule has 0 saturated carbocycles. The summed E-state index contributed by atoms with van der Waals surface area (Å²) in [6, 6.07) is 10.2. The lowest BCUT2D eigenvalue weighted by atomic mass is 9.88. The Labute approximate surface area is 141 Å². The molecule has 2 heterocycles. The molecule has 3 rings (SSSR count). The molecule has 1 N–H and O–H groups in total. The van der Waals surface area contributed by atoms with Crippen molar-refractivity contribution in [3.8, 4) is 0 Å². The zero-order valence-corrected chi connectivity index (χ0v) is 13.9. The van der Waals surface area contributed by atoms with E-state index in [0.717, 1.165) is 12.8 Å². The summed E-state index contributed by atoms with van der Waals surface area (Å²) in [6.45, 7) is 3.38. The van der Waals surface area contributed by atoms with Gasteiger partial charge >= 0.3 is 0 Å². The Hall–Kier alpha value is -2.28. The molecule has 1 aliphatic heterocycles. The molecule has 1 aromatic heterocycles. The number of nitrogens with zero attached hydrogens (tertiary/aromatic N) is 5. The van der Waals surface area contributed by atoms with Crippen LogP contribution in [0, 0.1) is 12.8 Å². The van der Waals surface area contributed by atoms with Crippen LogP contribution in [-0.4, -0.2) is 55.3 Å². The molecule has 1 fully saturated rings. The summed E-state index contributed by atoms with van der Waals surface area (Å²) in [7, 11) is 0. The maximum Gasteiger partial charge on any atom is 0.224 e. The highest BCUT2D eigenvalue weighted by Gasteiger charge is 2.30. The first-order chi connectivity index (χ1) is 11.6. The number of aliphatic hydroxyl groups excluding tert-OH is 1. The van der Waals surface area contributed by atoms with Crippen molar-refractivity contribution in [3.05, 3.63) is 41.7 Å². The van der Waals surface area contributed by atoms with E-state index in [9.17, 15) is 9.90 Å². The van der Waals surface area contributed by atoms with Crippen molar-refractivity contribution >= 4 is 5.91 Å². The predicted molar refractivity (Wildman–Crippen MR) is 88.0 cm³/mol. The molecule has 128 valence electrons. The number of β-amino-alcohol motifs (C(OH)–C–C–N with tert-alkyl or cyclic N) is 1. The Morgan fingerprint density at radius 1 is 1.33 bits per heavy atom. The van der Waals surface area contributed by atoms with E-state index in [2.05, 4.69) is 27.7 Å². The number of likely N-dealkylation sites (tertiary alicyclic amines) is 1. The van der Waals surface area contributed by atoms with Crippen LogP contribution in [0.4, 0.5) is 0 Å². The third kappa shape index (κ3) is 3.97. The number of hydrogen-bond acceptors (Lipinski definition) is 5. The first-order valence-electron chi connectivity index (χ1n) is 8.36. The Bertz CT molecular complexity index is 673. The number of aliphatic hydroxyl groups is 1. The van der Waals surface area contributed by atoms with Gasteiger partial charge in [-0.15, -0.1) is 5.10 Å². The zero-order chi connectivity index (χ0) is 16.9. The van der Waals surface area contributed by atoms with Gasteiger partial charge in [0.15, 0.2) is 0 Å². The molecule has 0 radical (unpaired) electrons. The van der Waals surface area contributed by atoms with Crippen molar-refractivity contribution in [2.45, 2.75) is 38.8 Å². The molecule has 0 spiro atoms. The lowest BCUT2D eigenvalue weighted by molar-refractivity contribution is -0.135. The van der Waals surface area contributed by atoms with E-state index in [0.29, 0.717) is 31.9 Å². The highest BCUT2D eigenvalue weighted by molar-refractivity contribution is 5.76. The van der Waals surface area contributed by atoms with E-state index in [1.165, 1.54) is 5.56 Å². The average molecular weight is 329 g/mol. The summed E-state index contributed by atoms with van der Waals surface area (Å²) in [4.78, 5) is 14.1. The first-order valence-corrected chi connectivity index (χ1v) is 8.36. The highest BCUT2D eigenvalue weighted by Crippen LogP contribution is 2.22. The lowest BCUT2D eigenvalue weighted by Crippen LogP contribution is -2.47. The number of aromatic nitrogens is 4. The molecule has 0 bridgehead atoms. The Morgan fingerprint density at radius 3 is 2.79 bits per heavy atom. The zero-order valence-electron chi connectivity index (χ0n) is 13.9. The number of hydrogen-bond donors (Lipinski definition) is 1. The van der Waals surface area contributed by atoms with E-state index in [1.807, 2.05) is 25.1 Å². The fourth-order valence-electron chi connectivity index (χ4n) is 3.18. The number of carbonyl (C=O) groups is 1. The Kier molecular flexibility index (Phi) is 5.20. The second kappa shape index (κ2) is 7.53. The monoisotopic (exact) mass is 329 g/mol. The number of amides is 1. The predicted octanol–water partition coefficient (Wildman–Crippen LogP) is 0.824. The van der Waals surface area contributed by atoms with Gasteiger partial charge in [-0.3, -0.25) is 4.79 Å². The van der Waals surface area contributed by atoms with Crippen molar-refractivity contribution in [1.29, 1.82) is 0 Å². The van der Waals surface area contributed by atoms with Gasteiger partial charge in [-0.25, -0.2) is 4.68 Å². The molecule has 24 heavy (non-hydrogen) atoms. The molecule has 2 atom stereocenters. The number of carbonyl (C=O) groups excluding carboxylic acids is 1. The smallest absolute Gasteiger partial charge is 0.224 e. The molecular weight excluding hydrogens is 306 g/mol. The van der Waals surface area contributed by atoms with Crippen molar-refractivity contribution in [1.82, 2.24) is 25.1 Å². The molecule has 1 saturated heterocycles. The number of tetrazole rings is 1. The van der Waals surface area contributed by atoms with Crippen molar-refractivity contribution < 1.29 is 9.90 Å². The highest BCUT2D eigenvalue weighted by atomic mass is 16.3. The fraction of sp³-hybridized carbons (Fsp3) is 0.529. The normalized spacial score (nSPS) is 21.0. The molecule has 7 heteroatoms.